The Morgan fingerprint density at radius 2 is 2.03 bits per heavy atom. The monoisotopic (exact) mass is 430 g/mol. The molecule has 4 rings (SSSR count). The number of hydrogen-bond donors (Lipinski definition) is 1. The van der Waals surface area contributed by atoms with Gasteiger partial charge in [-0.3, -0.25) is 4.90 Å². The zero-order valence-corrected chi connectivity index (χ0v) is 16.4. The van der Waals surface area contributed by atoms with Crippen molar-refractivity contribution in [2.24, 2.45) is 0 Å². The molecular formula is C18H21F3N4O3S. The van der Waals surface area contributed by atoms with Crippen LogP contribution in [0.4, 0.5) is 13.2 Å². The van der Waals surface area contributed by atoms with Gasteiger partial charge in [0.05, 0.1) is 18.8 Å². The van der Waals surface area contributed by atoms with Gasteiger partial charge in [-0.05, 0) is 18.4 Å². The van der Waals surface area contributed by atoms with Crippen LogP contribution in [-0.2, 0) is 28.9 Å². The van der Waals surface area contributed by atoms with Gasteiger partial charge in [0, 0.05) is 49.3 Å². The van der Waals surface area contributed by atoms with E-state index >= 15 is 0 Å². The predicted octanol–water partition coefficient (Wildman–Crippen LogP) is 2.67. The molecule has 29 heavy (non-hydrogen) atoms. The average Bonchev–Trinajstić information content (AvgIpc) is 3.34. The third-order valence-corrected chi connectivity index (χ3v) is 5.58. The van der Waals surface area contributed by atoms with Gasteiger partial charge in [0.1, 0.15) is 11.3 Å². The second kappa shape index (κ2) is 9.59. The quantitative estimate of drug-likeness (QED) is 0.801. The molecule has 1 fully saturated rings. The smallest absolute Gasteiger partial charge is 0.475 e. The summed E-state index contributed by atoms with van der Waals surface area (Å²) in [6.45, 7) is 4.72. The van der Waals surface area contributed by atoms with Crippen molar-refractivity contribution in [3.05, 3.63) is 39.9 Å². The van der Waals surface area contributed by atoms with Crippen LogP contribution < -0.4 is 0 Å². The van der Waals surface area contributed by atoms with Gasteiger partial charge in [-0.25, -0.2) is 19.7 Å². The molecule has 11 heteroatoms. The normalized spacial score (nSPS) is 19.8. The van der Waals surface area contributed by atoms with Gasteiger partial charge in [-0.2, -0.15) is 13.2 Å². The number of alkyl halides is 3. The number of thiazole rings is 1. The van der Waals surface area contributed by atoms with Crippen molar-refractivity contribution >= 4 is 17.3 Å². The van der Waals surface area contributed by atoms with Crippen molar-refractivity contribution in [1.29, 1.82) is 0 Å². The number of carbonyl (C=O) groups is 1. The van der Waals surface area contributed by atoms with Crippen LogP contribution in [0.2, 0.25) is 0 Å². The van der Waals surface area contributed by atoms with Gasteiger partial charge >= 0.3 is 12.1 Å². The summed E-state index contributed by atoms with van der Waals surface area (Å²) in [5.74, 6) is -2.30. The zero-order chi connectivity index (χ0) is 20.9. The summed E-state index contributed by atoms with van der Waals surface area (Å²) in [5.41, 5.74) is 3.84. The summed E-state index contributed by atoms with van der Waals surface area (Å²) < 4.78 is 37.3. The number of aromatic nitrogens is 3. The Bertz CT molecular complexity index is 811. The van der Waals surface area contributed by atoms with Crippen LogP contribution >= 0.6 is 11.3 Å². The van der Waals surface area contributed by atoms with Crippen LogP contribution in [-0.4, -0.2) is 63.4 Å². The van der Waals surface area contributed by atoms with Crippen molar-refractivity contribution in [1.82, 2.24) is 19.9 Å². The predicted molar refractivity (Wildman–Crippen MR) is 98.7 cm³/mol. The molecule has 1 atom stereocenters. The van der Waals surface area contributed by atoms with Gasteiger partial charge < -0.3 is 9.84 Å². The Hall–Kier alpha value is -2.11. The van der Waals surface area contributed by atoms with Crippen molar-refractivity contribution in [3.8, 4) is 0 Å². The van der Waals surface area contributed by atoms with E-state index < -0.39 is 12.1 Å². The third-order valence-electron chi connectivity index (χ3n) is 4.81. The minimum atomic E-state index is -5.08. The van der Waals surface area contributed by atoms with E-state index in [0.717, 1.165) is 52.1 Å². The van der Waals surface area contributed by atoms with Crippen molar-refractivity contribution in [3.63, 3.8) is 0 Å². The first kappa shape index (κ1) is 21.6. The maximum atomic E-state index is 10.6. The van der Waals surface area contributed by atoms with E-state index in [1.54, 1.807) is 17.7 Å². The van der Waals surface area contributed by atoms with Crippen molar-refractivity contribution in [2.45, 2.75) is 37.9 Å². The molecule has 158 valence electrons. The Morgan fingerprint density at radius 3 is 2.66 bits per heavy atom. The lowest BCUT2D eigenvalue weighted by Crippen LogP contribution is -2.25. The first-order valence-corrected chi connectivity index (χ1v) is 10.0. The van der Waals surface area contributed by atoms with Crippen LogP contribution in [0.1, 0.15) is 34.3 Å². The Kier molecular flexibility index (Phi) is 7.14. The molecule has 0 radical (unpaired) electrons. The average molecular weight is 430 g/mol. The minimum absolute atomic E-state index is 0.460. The summed E-state index contributed by atoms with van der Waals surface area (Å²) in [4.78, 5) is 24.9. The highest BCUT2D eigenvalue weighted by Crippen LogP contribution is 2.29. The highest BCUT2D eigenvalue weighted by atomic mass is 32.1. The van der Waals surface area contributed by atoms with Gasteiger partial charge in [-0.1, -0.05) is 0 Å². The second-order valence-electron chi connectivity index (χ2n) is 6.75. The van der Waals surface area contributed by atoms with E-state index in [9.17, 15) is 13.2 Å². The summed E-state index contributed by atoms with van der Waals surface area (Å²) in [6.07, 6.45) is 1.67. The van der Waals surface area contributed by atoms with Crippen LogP contribution in [0, 0.1) is 0 Å². The Labute approximate surface area is 169 Å². The van der Waals surface area contributed by atoms with Crippen molar-refractivity contribution < 1.29 is 27.8 Å². The molecule has 1 unspecified atom stereocenters. The van der Waals surface area contributed by atoms with E-state index in [1.807, 2.05) is 11.6 Å². The first-order chi connectivity index (χ1) is 13.8. The third kappa shape index (κ3) is 5.94. The largest absolute Gasteiger partial charge is 0.490 e. The fourth-order valence-corrected chi connectivity index (χ4v) is 4.04. The molecule has 0 aromatic carbocycles. The number of ether oxygens (including phenoxy) is 1. The lowest BCUT2D eigenvalue weighted by Gasteiger charge is -2.18. The highest BCUT2D eigenvalue weighted by molar-refractivity contribution is 7.09. The molecule has 2 aliphatic heterocycles. The highest BCUT2D eigenvalue weighted by Gasteiger charge is 2.38. The Morgan fingerprint density at radius 1 is 1.28 bits per heavy atom. The zero-order valence-electron chi connectivity index (χ0n) is 15.6. The summed E-state index contributed by atoms with van der Waals surface area (Å²) in [7, 11) is 0. The van der Waals surface area contributed by atoms with Gasteiger partial charge in [0.15, 0.2) is 0 Å². The summed E-state index contributed by atoms with van der Waals surface area (Å²) in [6, 6.07) is 0. The molecule has 1 N–H and O–H groups in total. The number of aliphatic carboxylic acids is 1. The number of hydrogen-bond acceptors (Lipinski definition) is 7. The molecule has 2 aromatic rings. The number of halogens is 3. The van der Waals surface area contributed by atoms with E-state index in [-0.39, 0.29) is 0 Å². The molecule has 0 amide bonds. The molecule has 0 saturated carbocycles. The second-order valence-corrected chi connectivity index (χ2v) is 7.73. The standard InChI is InChI=1S/C16H20N4OS.C2HF3O2/c1-5-20(9-15-17-4-8-22-15)6-2-14-13(1)16(19-11-18-14)12-3-7-21-10-12;3-2(4,5)1(6)7/h4,8,11-12H,1-3,5-7,9-10H2;(H,6,7). The van der Waals surface area contributed by atoms with E-state index in [0.29, 0.717) is 5.92 Å². The lowest BCUT2D eigenvalue weighted by atomic mass is 9.96. The van der Waals surface area contributed by atoms with Crippen LogP contribution in [0.5, 0.6) is 0 Å². The number of carboxylic acids is 1. The first-order valence-electron chi connectivity index (χ1n) is 9.16. The molecular weight excluding hydrogens is 409 g/mol. The molecule has 1 saturated heterocycles. The van der Waals surface area contributed by atoms with Gasteiger partial charge in [0.2, 0.25) is 0 Å². The lowest BCUT2D eigenvalue weighted by molar-refractivity contribution is -0.192. The van der Waals surface area contributed by atoms with Crippen molar-refractivity contribution in [2.75, 3.05) is 26.3 Å². The fourth-order valence-electron chi connectivity index (χ4n) is 3.38. The minimum Gasteiger partial charge on any atom is -0.475 e. The number of nitrogens with zero attached hydrogens (tertiary/aromatic N) is 4. The van der Waals surface area contributed by atoms with Gasteiger partial charge in [-0.15, -0.1) is 11.3 Å². The maximum absolute atomic E-state index is 10.6. The van der Waals surface area contributed by atoms with E-state index in [2.05, 4.69) is 19.9 Å². The number of carboxylic acid groups (broad SMARTS) is 1. The molecule has 7 nitrogen and oxygen atoms in total. The molecule has 2 aliphatic rings. The fraction of sp³-hybridized carbons (Fsp3) is 0.556. The van der Waals surface area contributed by atoms with Gasteiger partial charge in [0.25, 0.3) is 0 Å². The number of fused-ring (bicyclic) bond motifs is 1. The number of rotatable bonds is 3. The SMILES string of the molecule is O=C(O)C(F)(F)F.c1csc(CN2CCc3ncnc(C4CCOC4)c3CC2)n1. The summed E-state index contributed by atoms with van der Waals surface area (Å²) >= 11 is 1.73. The molecule has 0 aliphatic carbocycles. The molecule has 2 aromatic heterocycles. The van der Waals surface area contributed by atoms with E-state index in [4.69, 9.17) is 14.6 Å². The summed E-state index contributed by atoms with van der Waals surface area (Å²) in [5, 5.41) is 10.4. The topological polar surface area (TPSA) is 88.4 Å². The van der Waals surface area contributed by atoms with Crippen LogP contribution in [0.15, 0.2) is 17.9 Å². The molecule has 0 bridgehead atoms. The Balaban J connectivity index is 0.000000298. The van der Waals surface area contributed by atoms with Crippen LogP contribution in [0.25, 0.3) is 0 Å². The maximum Gasteiger partial charge on any atom is 0.490 e. The van der Waals surface area contributed by atoms with E-state index in [1.165, 1.54) is 22.0 Å². The molecule has 0 spiro atoms. The van der Waals surface area contributed by atoms with Crippen LogP contribution in [0.3, 0.4) is 0 Å². The molecule has 4 heterocycles.